The zero-order valence-electron chi connectivity index (χ0n) is 20.9. The molecule has 0 spiro atoms. The maximum atomic E-state index is 12.7. The summed E-state index contributed by atoms with van der Waals surface area (Å²) in [5.74, 6) is 0.781. The van der Waals surface area contributed by atoms with Gasteiger partial charge in [-0.25, -0.2) is 0 Å². The van der Waals surface area contributed by atoms with E-state index in [-0.39, 0.29) is 17.6 Å². The Labute approximate surface area is 204 Å². The number of hydrogen-bond acceptors (Lipinski definition) is 5. The standard InChI is InChI=1S/C26H34F3N3O3/c1-16-10-11-32(19(4)21-7-8-23(18(3)17(21)2)35-13-12-34-5)22(16)15-31-25(33)20-6-9-24(30-14-20)26(27,28)29/h6-9,14,16,19,22H,10-13,15H2,1-5H3,(H,31,33)/t16?,19?,22-/m1/s1. The van der Waals surface area contributed by atoms with E-state index in [4.69, 9.17) is 9.47 Å². The second kappa shape index (κ2) is 11.4. The molecule has 1 N–H and O–H groups in total. The van der Waals surface area contributed by atoms with Crippen molar-refractivity contribution < 1.29 is 27.4 Å². The van der Waals surface area contributed by atoms with Gasteiger partial charge in [0.15, 0.2) is 0 Å². The number of ether oxygens (including phenoxy) is 2. The molecule has 2 aromatic rings. The second-order valence-electron chi connectivity index (χ2n) is 9.13. The number of likely N-dealkylation sites (tertiary alicyclic amines) is 1. The molecule has 6 nitrogen and oxygen atoms in total. The van der Waals surface area contributed by atoms with Crippen molar-refractivity contribution in [3.05, 3.63) is 58.4 Å². The highest BCUT2D eigenvalue weighted by molar-refractivity contribution is 5.93. The highest BCUT2D eigenvalue weighted by atomic mass is 19.4. The van der Waals surface area contributed by atoms with E-state index in [1.807, 2.05) is 6.07 Å². The molecule has 0 saturated carbocycles. The smallest absolute Gasteiger partial charge is 0.433 e. The molecular formula is C26H34F3N3O3. The van der Waals surface area contributed by atoms with Gasteiger partial charge >= 0.3 is 6.18 Å². The number of aromatic nitrogens is 1. The Balaban J connectivity index is 1.68. The minimum absolute atomic E-state index is 0.105. The summed E-state index contributed by atoms with van der Waals surface area (Å²) in [4.78, 5) is 18.4. The number of pyridine rings is 1. The maximum absolute atomic E-state index is 12.7. The zero-order valence-corrected chi connectivity index (χ0v) is 20.9. The van der Waals surface area contributed by atoms with Crippen LogP contribution in [0.4, 0.5) is 13.2 Å². The summed E-state index contributed by atoms with van der Waals surface area (Å²) >= 11 is 0. The lowest BCUT2D eigenvalue weighted by molar-refractivity contribution is -0.141. The van der Waals surface area contributed by atoms with Gasteiger partial charge in [-0.2, -0.15) is 13.2 Å². The van der Waals surface area contributed by atoms with E-state index >= 15 is 0 Å². The Morgan fingerprint density at radius 2 is 1.94 bits per heavy atom. The van der Waals surface area contributed by atoms with Gasteiger partial charge in [0.2, 0.25) is 0 Å². The maximum Gasteiger partial charge on any atom is 0.433 e. The molecule has 1 aromatic carbocycles. The Morgan fingerprint density at radius 1 is 1.20 bits per heavy atom. The topological polar surface area (TPSA) is 63.7 Å². The van der Waals surface area contributed by atoms with Gasteiger partial charge in [-0.15, -0.1) is 0 Å². The summed E-state index contributed by atoms with van der Waals surface area (Å²) in [6.07, 6.45) is -2.56. The summed E-state index contributed by atoms with van der Waals surface area (Å²) in [7, 11) is 1.64. The first-order valence-electron chi connectivity index (χ1n) is 11.8. The number of nitrogens with one attached hydrogen (secondary N) is 1. The van der Waals surface area contributed by atoms with Crippen LogP contribution in [0, 0.1) is 19.8 Å². The van der Waals surface area contributed by atoms with E-state index < -0.39 is 17.8 Å². The minimum atomic E-state index is -4.53. The molecule has 1 saturated heterocycles. The van der Waals surface area contributed by atoms with E-state index in [1.54, 1.807) is 7.11 Å². The van der Waals surface area contributed by atoms with E-state index in [2.05, 4.69) is 49.0 Å². The first kappa shape index (κ1) is 26.9. The Morgan fingerprint density at radius 3 is 2.57 bits per heavy atom. The van der Waals surface area contributed by atoms with Crippen molar-refractivity contribution in [2.45, 2.75) is 52.4 Å². The van der Waals surface area contributed by atoms with Crippen molar-refractivity contribution in [2.75, 3.05) is 33.4 Å². The summed E-state index contributed by atoms with van der Waals surface area (Å²) in [5.41, 5.74) is 2.57. The molecule has 1 aliphatic rings. The van der Waals surface area contributed by atoms with Gasteiger partial charge in [0.05, 0.1) is 12.2 Å². The molecule has 3 atom stereocenters. The van der Waals surface area contributed by atoms with E-state index in [1.165, 1.54) is 11.1 Å². The van der Waals surface area contributed by atoms with Crippen molar-refractivity contribution in [3.63, 3.8) is 0 Å². The number of benzene rings is 1. The van der Waals surface area contributed by atoms with Gasteiger partial charge in [0, 0.05) is 31.9 Å². The van der Waals surface area contributed by atoms with Crippen LogP contribution < -0.4 is 10.1 Å². The predicted molar refractivity (Wildman–Crippen MR) is 128 cm³/mol. The minimum Gasteiger partial charge on any atom is -0.491 e. The number of rotatable bonds is 9. The molecule has 1 amide bonds. The van der Waals surface area contributed by atoms with Crippen LogP contribution in [0.3, 0.4) is 0 Å². The molecule has 2 unspecified atom stereocenters. The van der Waals surface area contributed by atoms with Gasteiger partial charge in [-0.05, 0) is 74.5 Å². The number of alkyl halides is 3. The van der Waals surface area contributed by atoms with Crippen LogP contribution >= 0.6 is 0 Å². The SMILES string of the molecule is COCCOc1ccc(C(C)N2CCC(C)[C@H]2CNC(=O)c2ccc(C(F)(F)F)nc2)c(C)c1C. The third-order valence-electron chi connectivity index (χ3n) is 6.99. The van der Waals surface area contributed by atoms with Gasteiger partial charge < -0.3 is 14.8 Å². The summed E-state index contributed by atoms with van der Waals surface area (Å²) in [6.45, 7) is 10.8. The van der Waals surface area contributed by atoms with Crippen LogP contribution in [0.25, 0.3) is 0 Å². The molecule has 3 rings (SSSR count). The van der Waals surface area contributed by atoms with Crippen molar-refractivity contribution in [2.24, 2.45) is 5.92 Å². The average molecular weight is 494 g/mol. The number of carbonyl (C=O) groups excluding carboxylic acids is 1. The van der Waals surface area contributed by atoms with Gasteiger partial charge in [0.25, 0.3) is 5.91 Å². The van der Waals surface area contributed by atoms with Crippen molar-refractivity contribution in [3.8, 4) is 5.75 Å². The summed E-state index contributed by atoms with van der Waals surface area (Å²) in [5, 5.41) is 2.90. The van der Waals surface area contributed by atoms with E-state index in [0.29, 0.717) is 25.7 Å². The highest BCUT2D eigenvalue weighted by Crippen LogP contribution is 2.36. The van der Waals surface area contributed by atoms with Crippen LogP contribution in [0.2, 0.25) is 0 Å². The summed E-state index contributed by atoms with van der Waals surface area (Å²) < 4.78 is 49.1. The lowest BCUT2D eigenvalue weighted by Gasteiger charge is -2.34. The monoisotopic (exact) mass is 493 g/mol. The molecule has 1 aliphatic heterocycles. The largest absolute Gasteiger partial charge is 0.491 e. The van der Waals surface area contributed by atoms with Gasteiger partial charge in [-0.1, -0.05) is 13.0 Å². The fourth-order valence-corrected chi connectivity index (χ4v) is 4.67. The fourth-order valence-electron chi connectivity index (χ4n) is 4.67. The predicted octanol–water partition coefficient (Wildman–Crippen LogP) is 4.94. The van der Waals surface area contributed by atoms with Crippen LogP contribution in [0.5, 0.6) is 5.75 Å². The lowest BCUT2D eigenvalue weighted by Crippen LogP contribution is -2.43. The van der Waals surface area contributed by atoms with E-state index in [0.717, 1.165) is 42.6 Å². The molecule has 192 valence electrons. The Kier molecular flexibility index (Phi) is 8.77. The molecule has 0 radical (unpaired) electrons. The third kappa shape index (κ3) is 6.32. The first-order chi connectivity index (χ1) is 16.5. The fraction of sp³-hybridized carbons (Fsp3) is 0.538. The molecule has 2 heterocycles. The lowest BCUT2D eigenvalue weighted by atomic mass is 9.95. The van der Waals surface area contributed by atoms with Crippen LogP contribution in [-0.4, -0.2) is 55.2 Å². The van der Waals surface area contributed by atoms with Crippen molar-refractivity contribution >= 4 is 5.91 Å². The van der Waals surface area contributed by atoms with Gasteiger partial charge in [0.1, 0.15) is 18.1 Å². The number of hydrogen-bond donors (Lipinski definition) is 1. The Bertz CT molecular complexity index is 1010. The number of amides is 1. The van der Waals surface area contributed by atoms with Crippen LogP contribution in [-0.2, 0) is 10.9 Å². The highest BCUT2D eigenvalue weighted by Gasteiger charge is 2.36. The summed E-state index contributed by atoms with van der Waals surface area (Å²) in [6, 6.07) is 6.32. The number of methoxy groups -OCH3 is 1. The normalized spacial score (nSPS) is 19.5. The van der Waals surface area contributed by atoms with Crippen molar-refractivity contribution in [1.29, 1.82) is 0 Å². The molecule has 9 heteroatoms. The van der Waals surface area contributed by atoms with E-state index in [9.17, 15) is 18.0 Å². The molecule has 0 bridgehead atoms. The average Bonchev–Trinajstić information content (AvgIpc) is 3.19. The quantitative estimate of drug-likeness (QED) is 0.501. The Hall–Kier alpha value is -2.65. The van der Waals surface area contributed by atoms with Crippen LogP contribution in [0.15, 0.2) is 30.5 Å². The first-order valence-corrected chi connectivity index (χ1v) is 11.8. The third-order valence-corrected chi connectivity index (χ3v) is 6.99. The molecule has 0 aliphatic carbocycles. The number of halogens is 3. The van der Waals surface area contributed by atoms with Crippen molar-refractivity contribution in [1.82, 2.24) is 15.2 Å². The van der Waals surface area contributed by atoms with Crippen LogP contribution in [0.1, 0.15) is 59.1 Å². The molecule has 1 aromatic heterocycles. The zero-order chi connectivity index (χ0) is 25.8. The molecular weight excluding hydrogens is 459 g/mol. The number of nitrogens with zero attached hydrogens (tertiary/aromatic N) is 2. The second-order valence-corrected chi connectivity index (χ2v) is 9.13. The molecule has 1 fully saturated rings. The van der Waals surface area contributed by atoms with Gasteiger partial charge in [-0.3, -0.25) is 14.7 Å². The number of carbonyl (C=O) groups is 1. The molecule has 35 heavy (non-hydrogen) atoms.